The van der Waals surface area contributed by atoms with Crippen molar-refractivity contribution in [1.29, 1.82) is 0 Å². The Labute approximate surface area is 115 Å². The average molecular weight is 327 g/mol. The van der Waals surface area contributed by atoms with E-state index < -0.39 is 32.7 Å². The second-order valence-electron chi connectivity index (χ2n) is 5.26. The van der Waals surface area contributed by atoms with E-state index in [9.17, 15) is 30.7 Å². The first-order chi connectivity index (χ1) is 8.73. The molecule has 122 valence electrons. The van der Waals surface area contributed by atoms with E-state index >= 15 is 0 Å². The molecule has 0 unspecified atom stereocenters. The van der Waals surface area contributed by atoms with E-state index in [0.717, 1.165) is 0 Å². The Bertz CT molecular complexity index is 310. The third kappa shape index (κ3) is 4.09. The molecule has 0 aromatic carbocycles. The lowest BCUT2D eigenvalue weighted by atomic mass is 10.1. The van der Waals surface area contributed by atoms with Crippen molar-refractivity contribution in [2.45, 2.75) is 57.4 Å². The molecule has 0 rings (SSSR count). The molecule has 0 bridgehead atoms. The van der Waals surface area contributed by atoms with Gasteiger partial charge in [-0.2, -0.15) is 30.7 Å². The molecule has 0 aromatic rings. The standard InChI is InChI=1S/C11H20F7NSi/c1-5-19(6-2)20(3,4)8-7-9(12,13)10(14,15)11(16,17)18/h5-8H2,1-4H3. The van der Waals surface area contributed by atoms with Gasteiger partial charge in [0.15, 0.2) is 0 Å². The summed E-state index contributed by atoms with van der Waals surface area (Å²) in [7, 11) is -2.43. The molecule has 0 radical (unpaired) electrons. The smallest absolute Gasteiger partial charge is 0.324 e. The van der Waals surface area contributed by atoms with Crippen LogP contribution in [0.3, 0.4) is 0 Å². The molecule has 0 saturated carbocycles. The van der Waals surface area contributed by atoms with Crippen LogP contribution in [-0.4, -0.2) is 43.9 Å². The predicted molar refractivity (Wildman–Crippen MR) is 65.8 cm³/mol. The van der Waals surface area contributed by atoms with Crippen LogP contribution in [0.15, 0.2) is 0 Å². The minimum Gasteiger partial charge on any atom is -0.324 e. The Balaban J connectivity index is 4.96. The zero-order valence-corrected chi connectivity index (χ0v) is 12.9. The maximum atomic E-state index is 13.2. The van der Waals surface area contributed by atoms with Crippen molar-refractivity contribution in [3.8, 4) is 0 Å². The number of rotatable bonds is 7. The van der Waals surface area contributed by atoms with Gasteiger partial charge in [-0.05, 0) is 19.1 Å². The number of alkyl halides is 7. The highest BCUT2D eigenvalue weighted by Crippen LogP contribution is 2.49. The van der Waals surface area contributed by atoms with Crippen LogP contribution < -0.4 is 0 Å². The van der Waals surface area contributed by atoms with E-state index in [0.29, 0.717) is 13.1 Å². The summed E-state index contributed by atoms with van der Waals surface area (Å²) in [5.74, 6) is -11.1. The first-order valence-corrected chi connectivity index (χ1v) is 9.45. The molecular weight excluding hydrogens is 307 g/mol. The summed E-state index contributed by atoms with van der Waals surface area (Å²) in [6.45, 7) is 8.05. The Morgan fingerprint density at radius 1 is 0.850 bits per heavy atom. The lowest BCUT2D eigenvalue weighted by molar-refractivity contribution is -0.354. The number of hydrogen-bond acceptors (Lipinski definition) is 1. The summed E-state index contributed by atoms with van der Waals surface area (Å²) in [6, 6.07) is -0.326. The molecule has 0 spiro atoms. The second kappa shape index (κ2) is 6.21. The Morgan fingerprint density at radius 3 is 1.55 bits per heavy atom. The number of nitrogens with zero attached hydrogens (tertiary/aromatic N) is 1. The van der Waals surface area contributed by atoms with Crippen LogP contribution in [0.25, 0.3) is 0 Å². The molecule has 0 atom stereocenters. The highest BCUT2D eigenvalue weighted by atomic mass is 28.3. The van der Waals surface area contributed by atoms with Crippen molar-refractivity contribution in [3.63, 3.8) is 0 Å². The fourth-order valence-corrected chi connectivity index (χ4v) is 5.02. The van der Waals surface area contributed by atoms with Gasteiger partial charge >= 0.3 is 18.0 Å². The second-order valence-corrected chi connectivity index (χ2v) is 10.0. The molecule has 0 aromatic heterocycles. The van der Waals surface area contributed by atoms with Gasteiger partial charge in [0.1, 0.15) is 8.24 Å². The van der Waals surface area contributed by atoms with Crippen molar-refractivity contribution in [2.24, 2.45) is 0 Å². The topological polar surface area (TPSA) is 3.24 Å². The minimum absolute atomic E-state index is 0.326. The minimum atomic E-state index is -6.24. The molecule has 0 saturated heterocycles. The first kappa shape index (κ1) is 19.7. The summed E-state index contributed by atoms with van der Waals surface area (Å²) in [4.78, 5) is 0. The lowest BCUT2D eigenvalue weighted by Crippen LogP contribution is -2.54. The van der Waals surface area contributed by atoms with Gasteiger partial charge < -0.3 is 4.57 Å². The Hall–Kier alpha value is -0.313. The Kier molecular flexibility index (Phi) is 6.11. The van der Waals surface area contributed by atoms with Gasteiger partial charge in [-0.1, -0.05) is 26.9 Å². The van der Waals surface area contributed by atoms with Crippen LogP contribution >= 0.6 is 0 Å². The molecule has 1 nitrogen and oxygen atoms in total. The molecule has 0 fully saturated rings. The average Bonchev–Trinajstić information content (AvgIpc) is 2.26. The van der Waals surface area contributed by atoms with E-state index in [1.807, 2.05) is 4.57 Å². The van der Waals surface area contributed by atoms with E-state index in [4.69, 9.17) is 0 Å². The van der Waals surface area contributed by atoms with Gasteiger partial charge in [-0.25, -0.2) is 0 Å². The molecule has 0 amide bonds. The van der Waals surface area contributed by atoms with Gasteiger partial charge in [0, 0.05) is 6.42 Å². The van der Waals surface area contributed by atoms with Crippen LogP contribution in [-0.2, 0) is 0 Å². The third-order valence-electron chi connectivity index (χ3n) is 3.49. The zero-order chi connectivity index (χ0) is 16.4. The monoisotopic (exact) mass is 327 g/mol. The molecular formula is C11H20F7NSi. The maximum Gasteiger partial charge on any atom is 0.459 e. The van der Waals surface area contributed by atoms with E-state index in [-0.39, 0.29) is 6.04 Å². The van der Waals surface area contributed by atoms with Crippen LogP contribution in [0.4, 0.5) is 30.7 Å². The summed E-state index contributed by atoms with van der Waals surface area (Å²) < 4.78 is 89.9. The van der Waals surface area contributed by atoms with E-state index in [1.165, 1.54) is 0 Å². The van der Waals surface area contributed by atoms with Gasteiger partial charge in [0.05, 0.1) is 0 Å². The van der Waals surface area contributed by atoms with Crippen LogP contribution in [0, 0.1) is 0 Å². The fraction of sp³-hybridized carbons (Fsp3) is 1.00. The van der Waals surface area contributed by atoms with Crippen molar-refractivity contribution in [2.75, 3.05) is 13.1 Å². The molecule has 0 N–H and O–H groups in total. The normalized spacial score (nSPS) is 15.0. The zero-order valence-electron chi connectivity index (χ0n) is 11.9. The van der Waals surface area contributed by atoms with E-state index in [1.54, 1.807) is 26.9 Å². The van der Waals surface area contributed by atoms with Crippen molar-refractivity contribution in [1.82, 2.24) is 4.57 Å². The SMILES string of the molecule is CCN(CC)[Si](C)(C)CCC(F)(F)C(F)(F)C(F)(F)F. The highest BCUT2D eigenvalue weighted by molar-refractivity contribution is 6.74. The summed E-state index contributed by atoms with van der Waals surface area (Å²) >= 11 is 0. The summed E-state index contributed by atoms with van der Waals surface area (Å²) in [5.41, 5.74) is 0. The quantitative estimate of drug-likeness (QED) is 0.481. The fourth-order valence-electron chi connectivity index (χ4n) is 2.07. The predicted octanol–water partition coefficient (Wildman–Crippen LogP) is 4.76. The molecule has 20 heavy (non-hydrogen) atoms. The van der Waals surface area contributed by atoms with Crippen molar-refractivity contribution < 1.29 is 30.7 Å². The molecule has 9 heteroatoms. The van der Waals surface area contributed by atoms with Crippen LogP contribution in [0.2, 0.25) is 19.1 Å². The van der Waals surface area contributed by atoms with Crippen molar-refractivity contribution in [3.05, 3.63) is 0 Å². The molecule has 0 heterocycles. The van der Waals surface area contributed by atoms with Crippen molar-refractivity contribution >= 4 is 8.24 Å². The summed E-state index contributed by atoms with van der Waals surface area (Å²) in [5, 5.41) is 0. The maximum absolute atomic E-state index is 13.2. The van der Waals surface area contributed by atoms with Gasteiger partial charge in [-0.15, -0.1) is 0 Å². The van der Waals surface area contributed by atoms with Crippen LogP contribution in [0.1, 0.15) is 20.3 Å². The summed E-state index contributed by atoms with van der Waals surface area (Å²) in [6.07, 6.45) is -7.70. The first-order valence-electron chi connectivity index (χ1n) is 6.30. The van der Waals surface area contributed by atoms with Gasteiger partial charge in [-0.3, -0.25) is 0 Å². The van der Waals surface area contributed by atoms with Gasteiger partial charge in [0.2, 0.25) is 0 Å². The number of halogens is 7. The molecule has 0 aliphatic rings. The number of hydrogen-bond donors (Lipinski definition) is 0. The van der Waals surface area contributed by atoms with Gasteiger partial charge in [0.25, 0.3) is 0 Å². The Morgan fingerprint density at radius 2 is 1.25 bits per heavy atom. The highest BCUT2D eigenvalue weighted by Gasteiger charge is 2.72. The van der Waals surface area contributed by atoms with E-state index in [2.05, 4.69) is 0 Å². The molecule has 0 aliphatic carbocycles. The largest absolute Gasteiger partial charge is 0.459 e. The molecule has 0 aliphatic heterocycles. The van der Waals surface area contributed by atoms with Crippen LogP contribution in [0.5, 0.6) is 0 Å². The third-order valence-corrected chi connectivity index (χ3v) is 7.30. The lowest BCUT2D eigenvalue weighted by Gasteiger charge is -2.37.